The fourth-order valence-electron chi connectivity index (χ4n) is 2.33. The van der Waals surface area contributed by atoms with Gasteiger partial charge in [-0.3, -0.25) is 4.79 Å². The molecular weight excluding hydrogens is 351 g/mol. The Kier molecular flexibility index (Phi) is 9.99. The van der Waals surface area contributed by atoms with Crippen molar-refractivity contribution in [2.24, 2.45) is 16.5 Å². The topological polar surface area (TPSA) is 128 Å². The van der Waals surface area contributed by atoms with E-state index in [0.29, 0.717) is 18.7 Å². The molecule has 1 aliphatic rings. The highest BCUT2D eigenvalue weighted by molar-refractivity contribution is 6.20. The normalized spacial score (nSPS) is 17.7. The third kappa shape index (κ3) is 8.14. The maximum absolute atomic E-state index is 13.5. The van der Waals surface area contributed by atoms with Crippen molar-refractivity contribution >= 4 is 17.4 Å². The van der Waals surface area contributed by atoms with Crippen LogP contribution in [0.15, 0.2) is 28.9 Å². The molecule has 1 aromatic heterocycles. The van der Waals surface area contributed by atoms with Crippen LogP contribution in [0, 0.1) is 5.95 Å². The van der Waals surface area contributed by atoms with E-state index in [1.54, 1.807) is 6.07 Å². The molecule has 0 spiro atoms. The summed E-state index contributed by atoms with van der Waals surface area (Å²) in [6.45, 7) is 3.14. The molecule has 0 radical (unpaired) electrons. The number of carbonyl (C=O) groups is 1. The van der Waals surface area contributed by atoms with Crippen molar-refractivity contribution in [1.82, 2.24) is 15.6 Å². The zero-order chi connectivity index (χ0) is 20.2. The summed E-state index contributed by atoms with van der Waals surface area (Å²) in [6, 6.07) is 2.84. The number of pyridine rings is 1. The molecule has 0 aliphatic carbocycles. The molecule has 1 fully saturated rings. The number of carbonyl (C=O) groups excluding carboxylic acids is 1. The fourth-order valence-corrected chi connectivity index (χ4v) is 2.33. The van der Waals surface area contributed by atoms with Crippen molar-refractivity contribution in [3.05, 3.63) is 35.5 Å². The lowest BCUT2D eigenvalue weighted by atomic mass is 10.1. The van der Waals surface area contributed by atoms with Gasteiger partial charge in [0.1, 0.15) is 5.84 Å². The van der Waals surface area contributed by atoms with Gasteiger partial charge in [0.25, 0.3) is 5.91 Å². The molecule has 1 unspecified atom stereocenters. The molecule has 9 heteroatoms. The number of amidine groups is 1. The monoisotopic (exact) mass is 380 g/mol. The average molecular weight is 380 g/mol. The smallest absolute Gasteiger partial charge is 0.253 e. The van der Waals surface area contributed by atoms with Crippen molar-refractivity contribution in [3.8, 4) is 0 Å². The second-order valence-electron chi connectivity index (χ2n) is 5.99. The minimum Gasteiger partial charge on any atom is -0.385 e. The first-order valence-electron chi connectivity index (χ1n) is 8.84. The molecule has 2 heterocycles. The number of aliphatic imine (C=N–C) groups is 1. The van der Waals surface area contributed by atoms with Gasteiger partial charge < -0.3 is 26.8 Å². The Hall–Kier alpha value is -2.52. The quantitative estimate of drug-likeness (QED) is 0.249. The van der Waals surface area contributed by atoms with E-state index in [0.717, 1.165) is 25.5 Å². The second-order valence-corrected chi connectivity index (χ2v) is 5.99. The molecule has 27 heavy (non-hydrogen) atoms. The molecule has 0 saturated carbocycles. The van der Waals surface area contributed by atoms with E-state index in [1.165, 1.54) is 6.20 Å². The van der Waals surface area contributed by atoms with Gasteiger partial charge in [0.2, 0.25) is 5.95 Å². The lowest BCUT2D eigenvalue weighted by Crippen LogP contribution is -2.36. The molecular formula is C18H29FN6O2. The summed E-state index contributed by atoms with van der Waals surface area (Å²) in [4.78, 5) is 19.4. The predicted octanol–water partition coefficient (Wildman–Crippen LogP) is 0.745. The third-order valence-electron chi connectivity index (χ3n) is 3.61. The summed E-state index contributed by atoms with van der Waals surface area (Å²) < 4.78 is 18.8. The number of ether oxygens (including phenoxy) is 1. The van der Waals surface area contributed by atoms with Crippen molar-refractivity contribution in [3.63, 3.8) is 0 Å². The summed E-state index contributed by atoms with van der Waals surface area (Å²) >= 11 is 0. The first-order valence-corrected chi connectivity index (χ1v) is 8.84. The van der Waals surface area contributed by atoms with Crippen LogP contribution in [0.2, 0.25) is 0 Å². The van der Waals surface area contributed by atoms with Gasteiger partial charge in [0.05, 0.1) is 17.9 Å². The van der Waals surface area contributed by atoms with Gasteiger partial charge in [-0.05, 0) is 39.4 Å². The van der Waals surface area contributed by atoms with Crippen LogP contribution in [-0.2, 0) is 16.0 Å². The van der Waals surface area contributed by atoms with Crippen molar-refractivity contribution < 1.29 is 13.9 Å². The highest BCUT2D eigenvalue weighted by Gasteiger charge is 2.15. The zero-order valence-electron chi connectivity index (χ0n) is 16.1. The molecule has 1 amide bonds. The molecule has 1 aliphatic heterocycles. The van der Waals surface area contributed by atoms with Crippen LogP contribution < -0.4 is 22.1 Å². The SMILES string of the molecule is CCc1cc(N=C(N)/C(=C\NC2CCCOC2)C(N)=O)cc(F)n1.CNC. The van der Waals surface area contributed by atoms with E-state index in [9.17, 15) is 9.18 Å². The van der Waals surface area contributed by atoms with Crippen LogP contribution in [0.25, 0.3) is 0 Å². The number of nitrogens with zero attached hydrogens (tertiary/aromatic N) is 2. The lowest BCUT2D eigenvalue weighted by molar-refractivity contribution is -0.114. The van der Waals surface area contributed by atoms with Crippen LogP contribution in [-0.4, -0.2) is 50.1 Å². The van der Waals surface area contributed by atoms with Gasteiger partial charge in [-0.15, -0.1) is 0 Å². The van der Waals surface area contributed by atoms with E-state index in [4.69, 9.17) is 16.2 Å². The Bertz CT molecular complexity index is 672. The fraction of sp³-hybridized carbons (Fsp3) is 0.500. The van der Waals surface area contributed by atoms with Gasteiger partial charge in [-0.2, -0.15) is 4.39 Å². The van der Waals surface area contributed by atoms with Crippen LogP contribution in [0.4, 0.5) is 10.1 Å². The molecule has 150 valence electrons. The van der Waals surface area contributed by atoms with Gasteiger partial charge in [0.15, 0.2) is 0 Å². The number of aryl methyl sites for hydroxylation is 1. The number of amides is 1. The summed E-state index contributed by atoms with van der Waals surface area (Å²) in [5.41, 5.74) is 12.1. The number of nitrogens with two attached hydrogens (primary N) is 2. The molecule has 8 nitrogen and oxygen atoms in total. The van der Waals surface area contributed by atoms with E-state index >= 15 is 0 Å². The van der Waals surface area contributed by atoms with Crippen molar-refractivity contribution in [1.29, 1.82) is 0 Å². The van der Waals surface area contributed by atoms with Gasteiger partial charge in [-0.1, -0.05) is 6.92 Å². The van der Waals surface area contributed by atoms with Crippen molar-refractivity contribution in [2.45, 2.75) is 32.2 Å². The highest BCUT2D eigenvalue weighted by atomic mass is 19.1. The van der Waals surface area contributed by atoms with E-state index in [1.807, 2.05) is 21.0 Å². The number of nitrogens with one attached hydrogen (secondary N) is 2. The van der Waals surface area contributed by atoms with Gasteiger partial charge in [0, 0.05) is 30.6 Å². The van der Waals surface area contributed by atoms with Crippen LogP contribution in [0.5, 0.6) is 0 Å². The van der Waals surface area contributed by atoms with E-state index < -0.39 is 11.9 Å². The van der Waals surface area contributed by atoms with E-state index in [-0.39, 0.29) is 23.1 Å². The number of hydrogen-bond acceptors (Lipinski definition) is 6. The molecule has 1 atom stereocenters. The summed E-state index contributed by atoms with van der Waals surface area (Å²) in [6.07, 6.45) is 3.87. The van der Waals surface area contributed by atoms with Crippen LogP contribution in [0.3, 0.4) is 0 Å². The predicted molar refractivity (Wildman–Crippen MR) is 104 cm³/mol. The maximum Gasteiger partial charge on any atom is 0.253 e. The highest BCUT2D eigenvalue weighted by Crippen LogP contribution is 2.16. The standard InChI is InChI=1S/C16H22FN5O2.C2H7N/c1-2-10-6-12(7-14(17)21-10)22-15(18)13(16(19)23)8-20-11-4-3-5-24-9-11;1-3-2/h6-8,11,20H,2-5,9H2,1H3,(H2,19,23)(H2,18,21,22);3H,1-2H3/b13-8+;. The number of hydrogen-bond donors (Lipinski definition) is 4. The average Bonchev–Trinajstić information content (AvgIpc) is 2.62. The van der Waals surface area contributed by atoms with Crippen LogP contribution >= 0.6 is 0 Å². The second kappa shape index (κ2) is 12.0. The summed E-state index contributed by atoms with van der Waals surface area (Å²) in [7, 11) is 3.75. The third-order valence-corrected chi connectivity index (χ3v) is 3.61. The molecule has 1 aromatic rings. The Morgan fingerprint density at radius 2 is 2.15 bits per heavy atom. The number of primary amides is 1. The van der Waals surface area contributed by atoms with Gasteiger partial charge >= 0.3 is 0 Å². The summed E-state index contributed by atoms with van der Waals surface area (Å²) in [5.74, 6) is -1.45. The Labute approximate surface area is 159 Å². The first kappa shape index (κ1) is 22.5. The number of halogens is 1. The molecule has 6 N–H and O–H groups in total. The number of rotatable bonds is 6. The minimum atomic E-state index is -0.717. The lowest BCUT2D eigenvalue weighted by Gasteiger charge is -2.22. The Balaban J connectivity index is 0.00000114. The van der Waals surface area contributed by atoms with Gasteiger partial charge in [-0.25, -0.2) is 9.98 Å². The molecule has 0 bridgehead atoms. The molecule has 2 rings (SSSR count). The minimum absolute atomic E-state index is 0.0378. The van der Waals surface area contributed by atoms with Crippen molar-refractivity contribution in [2.75, 3.05) is 27.3 Å². The maximum atomic E-state index is 13.5. The first-order chi connectivity index (χ1) is 12.9. The Morgan fingerprint density at radius 3 is 2.70 bits per heavy atom. The molecule has 1 saturated heterocycles. The largest absolute Gasteiger partial charge is 0.385 e. The van der Waals surface area contributed by atoms with E-state index in [2.05, 4.69) is 20.6 Å². The summed E-state index contributed by atoms with van der Waals surface area (Å²) in [5, 5.41) is 5.82. The Morgan fingerprint density at radius 1 is 1.44 bits per heavy atom. The van der Waals surface area contributed by atoms with Crippen LogP contribution in [0.1, 0.15) is 25.5 Å². The zero-order valence-corrected chi connectivity index (χ0v) is 16.1. The number of aromatic nitrogens is 1. The molecule has 0 aromatic carbocycles.